The Hall–Kier alpha value is -2.67. The van der Waals surface area contributed by atoms with E-state index in [0.29, 0.717) is 5.56 Å². The largest absolute Gasteiger partial charge is 0.447 e. The number of furan rings is 1. The van der Waals surface area contributed by atoms with Crippen LogP contribution < -0.4 is 5.73 Å². The zero-order valence-electron chi connectivity index (χ0n) is 9.82. The highest BCUT2D eigenvalue weighted by Crippen LogP contribution is 2.36. The number of nitrogens with one attached hydrogen (secondary N) is 1. The quantitative estimate of drug-likeness (QED) is 0.682. The molecule has 0 aliphatic carbocycles. The zero-order chi connectivity index (χ0) is 12.7. The van der Waals surface area contributed by atoms with Crippen molar-refractivity contribution in [1.82, 2.24) is 4.98 Å². The first-order valence-corrected chi connectivity index (χ1v) is 5.57. The molecule has 3 N–H and O–H groups in total. The number of fused-ring (bicyclic) bond motifs is 1. The summed E-state index contributed by atoms with van der Waals surface area (Å²) in [5.41, 5.74) is 9.79. The van der Waals surface area contributed by atoms with E-state index in [-0.39, 0.29) is 5.88 Å². The maximum Gasteiger partial charge on any atom is 0.208 e. The summed E-state index contributed by atoms with van der Waals surface area (Å²) < 4.78 is 5.16. The molecule has 4 heteroatoms. The minimum atomic E-state index is 0.164. The summed E-state index contributed by atoms with van der Waals surface area (Å²) in [6.07, 6.45) is 1.54. The van der Waals surface area contributed by atoms with Crippen molar-refractivity contribution in [2.45, 2.75) is 6.92 Å². The number of nitrogens with two attached hydrogens (primary N) is 1. The summed E-state index contributed by atoms with van der Waals surface area (Å²) in [7, 11) is 0. The fraction of sp³-hybridized carbons (Fsp3) is 0.0714. The molecule has 0 saturated carbocycles. The number of aromatic nitrogens is 1. The molecule has 2 aromatic heterocycles. The van der Waals surface area contributed by atoms with Crippen LogP contribution in [-0.4, -0.2) is 4.98 Å². The molecule has 0 aliphatic rings. The Kier molecular flexibility index (Phi) is 2.14. The molecular formula is C14H11N3O. The maximum absolute atomic E-state index is 9.15. The molecule has 2 heterocycles. The number of benzene rings is 1. The molecule has 3 rings (SSSR count). The monoisotopic (exact) mass is 237 g/mol. The predicted molar refractivity (Wildman–Crippen MR) is 69.9 cm³/mol. The Balaban J connectivity index is 2.39. The molecule has 0 radical (unpaired) electrons. The molecule has 0 atom stereocenters. The summed E-state index contributed by atoms with van der Waals surface area (Å²) in [5.74, 6) is 0.164. The summed E-state index contributed by atoms with van der Waals surface area (Å²) in [4.78, 5) is 3.29. The zero-order valence-corrected chi connectivity index (χ0v) is 9.82. The van der Waals surface area contributed by atoms with E-state index in [2.05, 4.69) is 11.1 Å². The van der Waals surface area contributed by atoms with Gasteiger partial charge in [-0.15, -0.1) is 0 Å². The Morgan fingerprint density at radius 3 is 2.89 bits per heavy atom. The lowest BCUT2D eigenvalue weighted by atomic mass is 10.0. The van der Waals surface area contributed by atoms with E-state index in [9.17, 15) is 0 Å². The number of aryl methyl sites for hydroxylation is 1. The molecule has 0 bridgehead atoms. The fourth-order valence-electron chi connectivity index (χ4n) is 2.30. The minimum absolute atomic E-state index is 0.164. The van der Waals surface area contributed by atoms with Crippen molar-refractivity contribution in [2.75, 3.05) is 5.73 Å². The molecule has 18 heavy (non-hydrogen) atoms. The van der Waals surface area contributed by atoms with Crippen LogP contribution in [0.15, 0.2) is 34.9 Å². The van der Waals surface area contributed by atoms with Crippen LogP contribution in [-0.2, 0) is 0 Å². The van der Waals surface area contributed by atoms with Gasteiger partial charge < -0.3 is 15.1 Å². The first kappa shape index (κ1) is 10.5. The van der Waals surface area contributed by atoms with Crippen LogP contribution in [0.1, 0.15) is 11.3 Å². The second-order valence-corrected chi connectivity index (χ2v) is 4.17. The van der Waals surface area contributed by atoms with Gasteiger partial charge in [0, 0.05) is 27.7 Å². The van der Waals surface area contributed by atoms with Gasteiger partial charge in [0.1, 0.15) is 17.9 Å². The van der Waals surface area contributed by atoms with Crippen molar-refractivity contribution in [3.8, 4) is 17.2 Å². The number of H-pyrrole nitrogens is 1. The molecule has 0 spiro atoms. The van der Waals surface area contributed by atoms with Gasteiger partial charge in [-0.25, -0.2) is 0 Å². The van der Waals surface area contributed by atoms with Crippen molar-refractivity contribution in [3.05, 3.63) is 41.8 Å². The van der Waals surface area contributed by atoms with Gasteiger partial charge in [0.2, 0.25) is 5.88 Å². The van der Waals surface area contributed by atoms with Crippen LogP contribution in [0.4, 0.5) is 5.88 Å². The number of nitriles is 1. The van der Waals surface area contributed by atoms with E-state index in [0.717, 1.165) is 27.7 Å². The van der Waals surface area contributed by atoms with E-state index in [4.69, 9.17) is 15.4 Å². The van der Waals surface area contributed by atoms with E-state index in [1.165, 1.54) is 6.26 Å². The predicted octanol–water partition coefficient (Wildman–Crippen LogP) is 3.19. The van der Waals surface area contributed by atoms with Crippen LogP contribution in [0.2, 0.25) is 0 Å². The number of anilines is 1. The van der Waals surface area contributed by atoms with Gasteiger partial charge in [-0.1, -0.05) is 18.2 Å². The standard InChI is InChI=1S/C14H11N3O/c1-8-13(9-4-2-3-5-12(9)17-8)11-7-18-14(16)10(11)6-15/h2-5,7,17H,16H2,1H3. The fourth-order valence-corrected chi connectivity index (χ4v) is 2.30. The molecule has 0 amide bonds. The van der Waals surface area contributed by atoms with Crippen LogP contribution in [0.5, 0.6) is 0 Å². The van der Waals surface area contributed by atoms with Gasteiger partial charge in [0.15, 0.2) is 0 Å². The summed E-state index contributed by atoms with van der Waals surface area (Å²) in [6.45, 7) is 1.97. The number of nitrogen functional groups attached to an aromatic ring is 1. The average molecular weight is 237 g/mol. The highest BCUT2D eigenvalue weighted by Gasteiger charge is 2.18. The van der Waals surface area contributed by atoms with Gasteiger partial charge in [-0.3, -0.25) is 0 Å². The molecule has 0 unspecified atom stereocenters. The number of hydrogen-bond donors (Lipinski definition) is 2. The molecule has 88 valence electrons. The third-order valence-electron chi connectivity index (χ3n) is 3.09. The van der Waals surface area contributed by atoms with Gasteiger partial charge in [-0.2, -0.15) is 5.26 Å². The molecule has 3 aromatic rings. The van der Waals surface area contributed by atoms with E-state index < -0.39 is 0 Å². The molecule has 0 saturated heterocycles. The van der Waals surface area contributed by atoms with E-state index in [1.807, 2.05) is 31.2 Å². The number of rotatable bonds is 1. The van der Waals surface area contributed by atoms with Crippen molar-refractivity contribution in [3.63, 3.8) is 0 Å². The van der Waals surface area contributed by atoms with E-state index >= 15 is 0 Å². The summed E-state index contributed by atoms with van der Waals surface area (Å²) >= 11 is 0. The highest BCUT2D eigenvalue weighted by molar-refractivity contribution is 5.99. The first-order chi connectivity index (χ1) is 8.72. The van der Waals surface area contributed by atoms with Crippen molar-refractivity contribution in [2.24, 2.45) is 0 Å². The third kappa shape index (κ3) is 1.31. The van der Waals surface area contributed by atoms with Gasteiger partial charge in [-0.05, 0) is 13.0 Å². The molecule has 0 fully saturated rings. The topological polar surface area (TPSA) is 78.7 Å². The van der Waals surface area contributed by atoms with Crippen LogP contribution in [0.25, 0.3) is 22.0 Å². The van der Waals surface area contributed by atoms with Crippen LogP contribution in [0, 0.1) is 18.3 Å². The summed E-state index contributed by atoms with van der Waals surface area (Å²) in [6, 6.07) is 10.0. The lowest BCUT2D eigenvalue weighted by Crippen LogP contribution is -1.86. The lowest BCUT2D eigenvalue weighted by Gasteiger charge is -1.98. The lowest BCUT2D eigenvalue weighted by molar-refractivity contribution is 0.588. The van der Waals surface area contributed by atoms with Gasteiger partial charge in [0.05, 0.1) is 0 Å². The molecule has 0 aliphatic heterocycles. The molecular weight excluding hydrogens is 226 g/mol. The number of para-hydroxylation sites is 1. The number of aromatic amines is 1. The number of nitrogens with zero attached hydrogens (tertiary/aromatic N) is 1. The summed E-state index contributed by atoms with van der Waals surface area (Å²) in [5, 5.41) is 10.2. The normalized spacial score (nSPS) is 10.7. The van der Waals surface area contributed by atoms with Crippen molar-refractivity contribution < 1.29 is 4.42 Å². The Morgan fingerprint density at radius 2 is 2.11 bits per heavy atom. The Labute approximate surface area is 104 Å². The van der Waals surface area contributed by atoms with Gasteiger partial charge in [0.25, 0.3) is 0 Å². The number of hydrogen-bond acceptors (Lipinski definition) is 3. The van der Waals surface area contributed by atoms with Crippen LogP contribution >= 0.6 is 0 Å². The smallest absolute Gasteiger partial charge is 0.208 e. The maximum atomic E-state index is 9.15. The first-order valence-electron chi connectivity index (χ1n) is 5.57. The molecule has 4 nitrogen and oxygen atoms in total. The molecule has 1 aromatic carbocycles. The Morgan fingerprint density at radius 1 is 1.33 bits per heavy atom. The SMILES string of the molecule is Cc1[nH]c2ccccc2c1-c1coc(N)c1C#N. The Bertz CT molecular complexity index is 774. The second-order valence-electron chi connectivity index (χ2n) is 4.17. The average Bonchev–Trinajstić information content (AvgIpc) is 2.88. The highest BCUT2D eigenvalue weighted by atomic mass is 16.3. The van der Waals surface area contributed by atoms with Crippen molar-refractivity contribution in [1.29, 1.82) is 5.26 Å². The van der Waals surface area contributed by atoms with E-state index in [1.54, 1.807) is 0 Å². The van der Waals surface area contributed by atoms with Gasteiger partial charge >= 0.3 is 0 Å². The second kappa shape index (κ2) is 3.67. The van der Waals surface area contributed by atoms with Crippen LogP contribution in [0.3, 0.4) is 0 Å². The van der Waals surface area contributed by atoms with Crippen molar-refractivity contribution >= 4 is 16.8 Å². The third-order valence-corrected chi connectivity index (χ3v) is 3.09. The minimum Gasteiger partial charge on any atom is -0.447 e.